The Labute approximate surface area is 121 Å². The number of thioether (sulfide) groups is 1. The lowest BCUT2D eigenvalue weighted by molar-refractivity contribution is 0.706. The van der Waals surface area contributed by atoms with Gasteiger partial charge in [0.25, 0.3) is 0 Å². The van der Waals surface area contributed by atoms with E-state index in [0.29, 0.717) is 6.04 Å². The normalized spacial score (nSPS) is 16.6. The summed E-state index contributed by atoms with van der Waals surface area (Å²) in [5.41, 5.74) is 2.98. The Morgan fingerprint density at radius 3 is 2.89 bits per heavy atom. The smallest absolute Gasteiger partial charge is 0.0677 e. The van der Waals surface area contributed by atoms with Crippen molar-refractivity contribution >= 4 is 34.4 Å². The third-order valence-corrected chi connectivity index (χ3v) is 6.49. The molecule has 3 rings (SSSR count). The lowest BCUT2D eigenvalue weighted by Gasteiger charge is -2.12. The molecule has 0 aromatic carbocycles. The van der Waals surface area contributed by atoms with Crippen LogP contribution in [-0.2, 0) is 12.2 Å². The largest absolute Gasteiger partial charge is 0.309 e. The Hall–Kier alpha value is -0.290. The van der Waals surface area contributed by atoms with E-state index in [0.717, 1.165) is 0 Å². The summed E-state index contributed by atoms with van der Waals surface area (Å²) in [5.74, 6) is 2.49. The van der Waals surface area contributed by atoms with Crippen LogP contribution in [0, 0.1) is 6.92 Å². The number of thiophene rings is 2. The van der Waals surface area contributed by atoms with Crippen molar-refractivity contribution < 1.29 is 0 Å². The fraction of sp³-hybridized carbons (Fsp3) is 0.429. The predicted molar refractivity (Wildman–Crippen MR) is 84.1 cm³/mol. The predicted octanol–water partition coefficient (Wildman–Crippen LogP) is 4.22. The van der Waals surface area contributed by atoms with Crippen molar-refractivity contribution in [1.82, 2.24) is 5.32 Å². The minimum Gasteiger partial charge on any atom is -0.309 e. The minimum absolute atomic E-state index is 0.371. The number of nitrogens with one attached hydrogen (secondary N) is 1. The molecule has 1 aliphatic rings. The number of rotatable bonds is 3. The second-order valence-electron chi connectivity index (χ2n) is 4.61. The number of fused-ring (bicyclic) bond motifs is 1. The molecule has 0 radical (unpaired) electrons. The molecule has 0 amide bonds. The molecule has 0 fully saturated rings. The van der Waals surface area contributed by atoms with Crippen LogP contribution in [0.15, 0.2) is 17.5 Å². The molecule has 0 saturated carbocycles. The Morgan fingerprint density at radius 1 is 1.33 bits per heavy atom. The molecule has 0 spiro atoms. The first-order valence-electron chi connectivity index (χ1n) is 6.19. The first-order chi connectivity index (χ1) is 8.78. The van der Waals surface area contributed by atoms with Gasteiger partial charge in [0.2, 0.25) is 0 Å². The summed E-state index contributed by atoms with van der Waals surface area (Å²) in [6, 6.07) is 5.09. The topological polar surface area (TPSA) is 12.0 Å². The van der Waals surface area contributed by atoms with E-state index in [1.54, 1.807) is 10.4 Å². The van der Waals surface area contributed by atoms with Crippen LogP contribution in [0.1, 0.15) is 31.8 Å². The van der Waals surface area contributed by atoms with Crippen molar-refractivity contribution in [3.05, 3.63) is 43.3 Å². The second kappa shape index (κ2) is 5.37. The second-order valence-corrected chi connectivity index (χ2v) is 8.00. The molecule has 1 N–H and O–H groups in total. The molecule has 0 aliphatic carbocycles. The molecule has 1 unspecified atom stereocenters. The van der Waals surface area contributed by atoms with E-state index in [4.69, 9.17) is 0 Å². The molecule has 18 heavy (non-hydrogen) atoms. The minimum atomic E-state index is 0.371. The highest BCUT2D eigenvalue weighted by Crippen LogP contribution is 2.37. The van der Waals surface area contributed by atoms with Gasteiger partial charge in [0.05, 0.1) is 6.04 Å². The van der Waals surface area contributed by atoms with Crippen LogP contribution < -0.4 is 5.32 Å². The zero-order valence-electron chi connectivity index (χ0n) is 10.7. The van der Waals surface area contributed by atoms with Crippen LogP contribution >= 0.6 is 34.4 Å². The van der Waals surface area contributed by atoms with E-state index in [-0.39, 0.29) is 0 Å². The fourth-order valence-corrected chi connectivity index (χ4v) is 5.65. The SMILES string of the molecule is CNC(c1csc(C)c1)c1cc2c(s1)CCSC2. The standard InChI is InChI=1S/C14H17NS3/c1-9-5-11(8-17-9)14(15-2)13-6-10-7-16-4-3-12(10)18-13/h5-6,8,14-15H,3-4,7H2,1-2H3. The van der Waals surface area contributed by atoms with Crippen LogP contribution in [0.25, 0.3) is 0 Å². The van der Waals surface area contributed by atoms with E-state index < -0.39 is 0 Å². The van der Waals surface area contributed by atoms with Gasteiger partial charge < -0.3 is 5.32 Å². The van der Waals surface area contributed by atoms with Crippen molar-refractivity contribution in [2.45, 2.75) is 25.1 Å². The first-order valence-corrected chi connectivity index (χ1v) is 9.04. The average molecular weight is 295 g/mol. The lowest BCUT2D eigenvalue weighted by atomic mass is 10.1. The van der Waals surface area contributed by atoms with Crippen LogP contribution in [-0.4, -0.2) is 12.8 Å². The van der Waals surface area contributed by atoms with E-state index >= 15 is 0 Å². The molecule has 1 atom stereocenters. The fourth-order valence-electron chi connectivity index (χ4n) is 2.40. The Kier molecular flexibility index (Phi) is 3.80. The number of hydrogen-bond acceptors (Lipinski definition) is 4. The van der Waals surface area contributed by atoms with Crippen molar-refractivity contribution in [3.8, 4) is 0 Å². The lowest BCUT2D eigenvalue weighted by Crippen LogP contribution is -2.15. The van der Waals surface area contributed by atoms with Gasteiger partial charge in [0.15, 0.2) is 0 Å². The maximum atomic E-state index is 3.47. The highest BCUT2D eigenvalue weighted by molar-refractivity contribution is 7.98. The van der Waals surface area contributed by atoms with Crippen LogP contribution in [0.4, 0.5) is 0 Å². The van der Waals surface area contributed by atoms with Crippen LogP contribution in [0.3, 0.4) is 0 Å². The van der Waals surface area contributed by atoms with E-state index in [9.17, 15) is 0 Å². The van der Waals surface area contributed by atoms with Crippen molar-refractivity contribution in [2.24, 2.45) is 0 Å². The third-order valence-electron chi connectivity index (χ3n) is 3.30. The number of hydrogen-bond donors (Lipinski definition) is 1. The zero-order chi connectivity index (χ0) is 12.5. The first kappa shape index (κ1) is 12.7. The van der Waals surface area contributed by atoms with Gasteiger partial charge >= 0.3 is 0 Å². The van der Waals surface area contributed by atoms with Crippen molar-refractivity contribution in [2.75, 3.05) is 12.8 Å². The van der Waals surface area contributed by atoms with Gasteiger partial charge in [-0.25, -0.2) is 0 Å². The van der Waals surface area contributed by atoms with Crippen molar-refractivity contribution in [1.29, 1.82) is 0 Å². The van der Waals surface area contributed by atoms with Gasteiger partial charge in [0, 0.05) is 20.4 Å². The summed E-state index contributed by atoms with van der Waals surface area (Å²) in [6.07, 6.45) is 1.25. The van der Waals surface area contributed by atoms with Gasteiger partial charge in [-0.15, -0.1) is 22.7 Å². The molecular formula is C14H17NS3. The van der Waals surface area contributed by atoms with Crippen LogP contribution in [0.2, 0.25) is 0 Å². The number of aryl methyl sites for hydroxylation is 2. The Bertz CT molecular complexity index is 517. The maximum Gasteiger partial charge on any atom is 0.0677 e. The monoisotopic (exact) mass is 295 g/mol. The van der Waals surface area contributed by atoms with Gasteiger partial charge in [-0.1, -0.05) is 0 Å². The molecular weight excluding hydrogens is 278 g/mol. The summed E-state index contributed by atoms with van der Waals surface area (Å²) in [7, 11) is 2.06. The quantitative estimate of drug-likeness (QED) is 0.910. The van der Waals surface area contributed by atoms with Gasteiger partial charge in [-0.2, -0.15) is 11.8 Å². The summed E-state index contributed by atoms with van der Waals surface area (Å²) >= 11 is 5.90. The Balaban J connectivity index is 1.94. The Morgan fingerprint density at radius 2 is 2.22 bits per heavy atom. The molecule has 4 heteroatoms. The average Bonchev–Trinajstić information content (AvgIpc) is 2.96. The molecule has 1 aliphatic heterocycles. The highest BCUT2D eigenvalue weighted by Gasteiger charge is 2.20. The molecule has 3 heterocycles. The molecule has 0 saturated heterocycles. The van der Waals surface area contributed by atoms with E-state index in [1.807, 2.05) is 22.7 Å². The van der Waals surface area contributed by atoms with Crippen LogP contribution in [0.5, 0.6) is 0 Å². The molecule has 96 valence electrons. The molecule has 2 aromatic rings. The molecule has 0 bridgehead atoms. The van der Waals surface area contributed by atoms with Gasteiger partial charge in [-0.3, -0.25) is 0 Å². The van der Waals surface area contributed by atoms with Gasteiger partial charge in [-0.05, 0) is 54.8 Å². The molecule has 1 nitrogen and oxygen atoms in total. The van der Waals surface area contributed by atoms with Gasteiger partial charge in [0.1, 0.15) is 0 Å². The third kappa shape index (κ3) is 2.39. The van der Waals surface area contributed by atoms with E-state index in [1.165, 1.54) is 33.2 Å². The van der Waals surface area contributed by atoms with Crippen molar-refractivity contribution in [3.63, 3.8) is 0 Å². The zero-order valence-corrected chi connectivity index (χ0v) is 13.1. The highest BCUT2D eigenvalue weighted by atomic mass is 32.2. The summed E-state index contributed by atoms with van der Waals surface area (Å²) in [6.45, 7) is 2.18. The molecule has 2 aromatic heterocycles. The summed E-state index contributed by atoms with van der Waals surface area (Å²) in [4.78, 5) is 4.47. The summed E-state index contributed by atoms with van der Waals surface area (Å²) in [5, 5.41) is 5.75. The maximum absolute atomic E-state index is 3.47. The van der Waals surface area contributed by atoms with E-state index in [2.05, 4.69) is 48.6 Å². The summed E-state index contributed by atoms with van der Waals surface area (Å²) < 4.78 is 0.